The van der Waals surface area contributed by atoms with Crippen LogP contribution in [-0.4, -0.2) is 21.2 Å². The van der Waals surface area contributed by atoms with E-state index in [9.17, 15) is 0 Å². The van der Waals surface area contributed by atoms with Crippen LogP contribution in [0.5, 0.6) is 0 Å². The molecule has 0 aliphatic heterocycles. The molecule has 2 rings (SSSR count). The summed E-state index contributed by atoms with van der Waals surface area (Å²) < 4.78 is 5.20. The molecule has 5 heteroatoms. The van der Waals surface area contributed by atoms with Crippen molar-refractivity contribution in [1.82, 2.24) is 15.1 Å². The van der Waals surface area contributed by atoms with E-state index in [-0.39, 0.29) is 12.0 Å². The van der Waals surface area contributed by atoms with Gasteiger partial charge in [0.2, 0.25) is 11.7 Å². The third-order valence-electron chi connectivity index (χ3n) is 2.74. The minimum Gasteiger partial charge on any atom is -0.339 e. The predicted octanol–water partition coefficient (Wildman–Crippen LogP) is 1.89. The van der Waals surface area contributed by atoms with E-state index in [1.165, 1.54) is 0 Å². The Morgan fingerprint density at radius 3 is 2.65 bits per heavy atom. The summed E-state index contributed by atoms with van der Waals surface area (Å²) in [6.07, 6.45) is 0. The normalized spacial score (nSPS) is 14.6. The van der Waals surface area contributed by atoms with Gasteiger partial charge in [0.15, 0.2) is 0 Å². The van der Waals surface area contributed by atoms with Crippen LogP contribution in [-0.2, 0) is 0 Å². The maximum absolute atomic E-state index is 5.80. The molecule has 0 amide bonds. The first kappa shape index (κ1) is 11.7. The summed E-state index contributed by atoms with van der Waals surface area (Å²) in [5.74, 6) is 1.11. The Kier molecular flexibility index (Phi) is 3.19. The maximum atomic E-state index is 5.80. The van der Waals surface area contributed by atoms with E-state index in [2.05, 4.69) is 15.1 Å². The second kappa shape index (κ2) is 4.63. The Balaban J connectivity index is 2.30. The van der Waals surface area contributed by atoms with E-state index in [0.717, 1.165) is 11.4 Å². The Bertz CT molecular complexity index is 507. The number of aromatic nitrogens is 3. The van der Waals surface area contributed by atoms with Crippen molar-refractivity contribution in [2.45, 2.75) is 32.7 Å². The third kappa shape index (κ3) is 2.50. The highest BCUT2D eigenvalue weighted by molar-refractivity contribution is 5.48. The Morgan fingerprint density at radius 2 is 2.00 bits per heavy atom. The highest BCUT2D eigenvalue weighted by Gasteiger charge is 2.18. The van der Waals surface area contributed by atoms with Crippen molar-refractivity contribution in [2.24, 2.45) is 5.73 Å². The lowest BCUT2D eigenvalue weighted by Crippen LogP contribution is -2.22. The number of nitrogens with zero attached hydrogens (tertiary/aromatic N) is 3. The highest BCUT2D eigenvalue weighted by atomic mass is 16.5. The molecule has 0 bridgehead atoms. The molecule has 0 aliphatic rings. The number of hydrogen-bond donors (Lipinski definition) is 1. The largest absolute Gasteiger partial charge is 0.339 e. The first-order valence-electron chi connectivity index (χ1n) is 5.61. The number of aryl methyl sites for hydroxylation is 1. The van der Waals surface area contributed by atoms with Gasteiger partial charge in [-0.25, -0.2) is 4.98 Å². The van der Waals surface area contributed by atoms with Gasteiger partial charge in [0.05, 0.1) is 5.92 Å². The van der Waals surface area contributed by atoms with Crippen molar-refractivity contribution < 1.29 is 4.52 Å². The summed E-state index contributed by atoms with van der Waals surface area (Å²) in [5.41, 5.74) is 7.44. The second-order valence-electron chi connectivity index (χ2n) is 4.27. The van der Waals surface area contributed by atoms with E-state index >= 15 is 0 Å². The van der Waals surface area contributed by atoms with Crippen molar-refractivity contribution >= 4 is 0 Å². The van der Waals surface area contributed by atoms with Crippen LogP contribution in [0.4, 0.5) is 0 Å². The van der Waals surface area contributed by atoms with Crippen LogP contribution < -0.4 is 5.73 Å². The minimum absolute atomic E-state index is 0.0197. The number of rotatable bonds is 3. The summed E-state index contributed by atoms with van der Waals surface area (Å²) >= 11 is 0. The second-order valence-corrected chi connectivity index (χ2v) is 4.27. The van der Waals surface area contributed by atoms with Gasteiger partial charge in [0.25, 0.3) is 0 Å². The zero-order valence-electron chi connectivity index (χ0n) is 10.2. The van der Waals surface area contributed by atoms with Crippen LogP contribution in [0.15, 0.2) is 22.7 Å². The van der Waals surface area contributed by atoms with Gasteiger partial charge >= 0.3 is 0 Å². The fraction of sp³-hybridized carbons (Fsp3) is 0.417. The molecule has 0 aromatic carbocycles. The lowest BCUT2D eigenvalue weighted by Gasteiger charge is -2.09. The third-order valence-corrected chi connectivity index (χ3v) is 2.74. The maximum Gasteiger partial charge on any atom is 0.231 e. The Hall–Kier alpha value is -1.75. The average Bonchev–Trinajstić information content (AvgIpc) is 2.77. The van der Waals surface area contributed by atoms with Gasteiger partial charge < -0.3 is 10.3 Å². The van der Waals surface area contributed by atoms with E-state index < -0.39 is 0 Å². The van der Waals surface area contributed by atoms with Crippen LogP contribution in [0, 0.1) is 6.92 Å². The average molecular weight is 232 g/mol. The molecule has 17 heavy (non-hydrogen) atoms. The Morgan fingerprint density at radius 1 is 1.24 bits per heavy atom. The summed E-state index contributed by atoms with van der Waals surface area (Å²) in [5, 5.41) is 3.93. The monoisotopic (exact) mass is 232 g/mol. The van der Waals surface area contributed by atoms with Crippen LogP contribution in [0.1, 0.15) is 31.4 Å². The first-order valence-corrected chi connectivity index (χ1v) is 5.61. The molecule has 90 valence electrons. The molecule has 0 spiro atoms. The van der Waals surface area contributed by atoms with Crippen LogP contribution in [0.25, 0.3) is 11.5 Å². The SMILES string of the molecule is Cc1cccc(-c2noc(C(C)C(C)N)n2)n1. The first-order chi connectivity index (χ1) is 8.08. The van der Waals surface area contributed by atoms with Crippen molar-refractivity contribution in [3.63, 3.8) is 0 Å². The molecular weight excluding hydrogens is 216 g/mol. The quantitative estimate of drug-likeness (QED) is 0.874. The molecule has 0 radical (unpaired) electrons. The lowest BCUT2D eigenvalue weighted by molar-refractivity contribution is 0.346. The zero-order valence-corrected chi connectivity index (χ0v) is 10.2. The molecular formula is C12H16N4O. The summed E-state index contributed by atoms with van der Waals surface area (Å²) in [6.45, 7) is 5.81. The number of nitrogens with two attached hydrogens (primary N) is 1. The fourth-order valence-corrected chi connectivity index (χ4v) is 1.42. The van der Waals surface area contributed by atoms with Gasteiger partial charge in [-0.2, -0.15) is 4.98 Å². The van der Waals surface area contributed by atoms with E-state index in [1.54, 1.807) is 0 Å². The molecule has 0 aliphatic carbocycles. The number of pyridine rings is 1. The van der Waals surface area contributed by atoms with Gasteiger partial charge in [-0.15, -0.1) is 0 Å². The van der Waals surface area contributed by atoms with E-state index in [0.29, 0.717) is 11.7 Å². The molecule has 0 saturated carbocycles. The van der Waals surface area contributed by atoms with Crippen molar-refractivity contribution in [3.8, 4) is 11.5 Å². The van der Waals surface area contributed by atoms with Crippen LogP contribution in [0.3, 0.4) is 0 Å². The standard InChI is InChI=1S/C12H16N4O/c1-7-5-4-6-10(14-7)11-15-12(17-16-11)8(2)9(3)13/h4-6,8-9H,13H2,1-3H3. The molecule has 2 aromatic heterocycles. The molecule has 0 saturated heterocycles. The Labute approximate surface area is 100 Å². The van der Waals surface area contributed by atoms with E-state index in [1.807, 2.05) is 39.0 Å². The van der Waals surface area contributed by atoms with Gasteiger partial charge in [0, 0.05) is 11.7 Å². The molecule has 2 atom stereocenters. The summed E-state index contributed by atoms with van der Waals surface area (Å²) in [6, 6.07) is 5.68. The highest BCUT2D eigenvalue weighted by Crippen LogP contribution is 2.19. The molecule has 0 fully saturated rings. The minimum atomic E-state index is -0.0197. The summed E-state index contributed by atoms with van der Waals surface area (Å²) in [4.78, 5) is 8.67. The fourth-order valence-electron chi connectivity index (χ4n) is 1.42. The van der Waals surface area contributed by atoms with Crippen LogP contribution in [0.2, 0.25) is 0 Å². The van der Waals surface area contributed by atoms with Crippen LogP contribution >= 0.6 is 0 Å². The van der Waals surface area contributed by atoms with Crippen molar-refractivity contribution in [3.05, 3.63) is 29.8 Å². The topological polar surface area (TPSA) is 77.8 Å². The molecule has 2 aromatic rings. The van der Waals surface area contributed by atoms with Crippen molar-refractivity contribution in [1.29, 1.82) is 0 Å². The lowest BCUT2D eigenvalue weighted by atomic mass is 10.1. The van der Waals surface area contributed by atoms with Gasteiger partial charge in [-0.3, -0.25) is 0 Å². The summed E-state index contributed by atoms with van der Waals surface area (Å²) in [7, 11) is 0. The molecule has 5 nitrogen and oxygen atoms in total. The van der Waals surface area contributed by atoms with Gasteiger partial charge in [0.1, 0.15) is 5.69 Å². The molecule has 2 unspecified atom stereocenters. The van der Waals surface area contributed by atoms with Gasteiger partial charge in [-0.05, 0) is 26.0 Å². The zero-order chi connectivity index (χ0) is 12.4. The number of hydrogen-bond acceptors (Lipinski definition) is 5. The van der Waals surface area contributed by atoms with Gasteiger partial charge in [-0.1, -0.05) is 18.1 Å². The molecule has 2 N–H and O–H groups in total. The molecule has 2 heterocycles. The van der Waals surface area contributed by atoms with E-state index in [4.69, 9.17) is 10.3 Å². The smallest absolute Gasteiger partial charge is 0.231 e. The van der Waals surface area contributed by atoms with Crippen molar-refractivity contribution in [2.75, 3.05) is 0 Å². The predicted molar refractivity (Wildman–Crippen MR) is 64.3 cm³/mol.